The second-order valence-electron chi connectivity index (χ2n) is 3.96. The second-order valence-corrected chi connectivity index (χ2v) is 4.78. The van der Waals surface area contributed by atoms with Crippen LogP contribution in [0.4, 0.5) is 5.69 Å². The van der Waals surface area contributed by atoms with Crippen molar-refractivity contribution in [2.75, 3.05) is 5.73 Å². The molecule has 2 N–H and O–H groups in total. The fourth-order valence-electron chi connectivity index (χ4n) is 1.87. The molecule has 1 heterocycles. The van der Waals surface area contributed by atoms with E-state index in [1.807, 2.05) is 28.8 Å². The largest absolute Gasteiger partial charge is 0.399 e. The molecule has 3 rings (SSSR count). The molecule has 0 bridgehead atoms. The first-order valence-electron chi connectivity index (χ1n) is 5.33. The molecule has 0 fully saturated rings. The van der Waals surface area contributed by atoms with Gasteiger partial charge in [-0.3, -0.25) is 4.57 Å². The minimum atomic E-state index is 0.520. The Labute approximate surface area is 114 Å². The maximum absolute atomic E-state index is 6.02. The van der Waals surface area contributed by atoms with Gasteiger partial charge < -0.3 is 5.73 Å². The Morgan fingerprint density at radius 3 is 2.61 bits per heavy atom. The van der Waals surface area contributed by atoms with Gasteiger partial charge >= 0.3 is 0 Å². The Kier molecular flexibility index (Phi) is 2.65. The molecular formula is C13H9Cl2N3. The van der Waals surface area contributed by atoms with E-state index >= 15 is 0 Å². The highest BCUT2D eigenvalue weighted by Gasteiger charge is 2.06. The molecular weight excluding hydrogens is 269 g/mol. The van der Waals surface area contributed by atoms with Crippen LogP contribution in [0.3, 0.4) is 0 Å². The maximum atomic E-state index is 6.02. The van der Waals surface area contributed by atoms with E-state index in [-0.39, 0.29) is 0 Å². The summed E-state index contributed by atoms with van der Waals surface area (Å²) in [5, 5.41) is 1.06. The van der Waals surface area contributed by atoms with Crippen LogP contribution >= 0.6 is 23.2 Å². The smallest absolute Gasteiger partial charge is 0.100 e. The van der Waals surface area contributed by atoms with Crippen LogP contribution in [-0.2, 0) is 0 Å². The zero-order valence-corrected chi connectivity index (χ0v) is 10.8. The summed E-state index contributed by atoms with van der Waals surface area (Å²) in [5.74, 6) is 0. The normalized spacial score (nSPS) is 11.0. The van der Waals surface area contributed by atoms with Crippen LogP contribution in [-0.4, -0.2) is 9.55 Å². The molecule has 0 saturated heterocycles. The van der Waals surface area contributed by atoms with Crippen LogP contribution in [0.2, 0.25) is 10.0 Å². The molecule has 1 aromatic heterocycles. The van der Waals surface area contributed by atoms with Gasteiger partial charge in [-0.15, -0.1) is 0 Å². The standard InChI is InChI=1S/C13H9Cl2N3/c14-10-3-2-9(6-11(10)15)18-7-17-12-5-8(16)1-4-13(12)18/h1-7H,16H2. The number of nitrogens with zero attached hydrogens (tertiary/aromatic N) is 2. The lowest BCUT2D eigenvalue weighted by Gasteiger charge is -2.05. The fourth-order valence-corrected chi connectivity index (χ4v) is 2.16. The summed E-state index contributed by atoms with van der Waals surface area (Å²) >= 11 is 11.9. The quantitative estimate of drug-likeness (QED) is 0.686. The highest BCUT2D eigenvalue weighted by atomic mass is 35.5. The summed E-state index contributed by atoms with van der Waals surface area (Å²) in [4.78, 5) is 4.31. The van der Waals surface area contributed by atoms with Gasteiger partial charge in [0.05, 0.1) is 21.1 Å². The summed E-state index contributed by atoms with van der Waals surface area (Å²) < 4.78 is 1.94. The van der Waals surface area contributed by atoms with Gasteiger partial charge in [0.25, 0.3) is 0 Å². The lowest BCUT2D eigenvalue weighted by atomic mass is 10.2. The van der Waals surface area contributed by atoms with Gasteiger partial charge in [-0.05, 0) is 36.4 Å². The van der Waals surface area contributed by atoms with E-state index in [9.17, 15) is 0 Å². The third-order valence-electron chi connectivity index (χ3n) is 2.75. The van der Waals surface area contributed by atoms with E-state index in [1.54, 1.807) is 18.5 Å². The summed E-state index contributed by atoms with van der Waals surface area (Å²) in [5.41, 5.74) is 9.16. The van der Waals surface area contributed by atoms with Crippen molar-refractivity contribution in [2.24, 2.45) is 0 Å². The monoisotopic (exact) mass is 277 g/mol. The van der Waals surface area contributed by atoms with Crippen molar-refractivity contribution < 1.29 is 0 Å². The van der Waals surface area contributed by atoms with Crippen LogP contribution in [0, 0.1) is 0 Å². The number of anilines is 1. The van der Waals surface area contributed by atoms with Crippen molar-refractivity contribution >= 4 is 39.9 Å². The molecule has 2 aromatic carbocycles. The Hall–Kier alpha value is -1.71. The first-order chi connectivity index (χ1) is 8.65. The Morgan fingerprint density at radius 1 is 1.00 bits per heavy atom. The second kappa shape index (κ2) is 4.19. The maximum Gasteiger partial charge on any atom is 0.100 e. The molecule has 0 aliphatic carbocycles. The molecule has 90 valence electrons. The van der Waals surface area contributed by atoms with Crippen molar-refractivity contribution in [3.63, 3.8) is 0 Å². The molecule has 0 aliphatic heterocycles. The van der Waals surface area contributed by atoms with Crippen molar-refractivity contribution in [2.45, 2.75) is 0 Å². The summed E-state index contributed by atoms with van der Waals surface area (Å²) in [6, 6.07) is 11.1. The predicted molar refractivity (Wildman–Crippen MR) is 75.5 cm³/mol. The van der Waals surface area contributed by atoms with Crippen LogP contribution in [0.15, 0.2) is 42.7 Å². The van der Waals surface area contributed by atoms with Gasteiger partial charge in [0.2, 0.25) is 0 Å². The number of nitrogen functional groups attached to an aromatic ring is 1. The lowest BCUT2D eigenvalue weighted by molar-refractivity contribution is 1.09. The van der Waals surface area contributed by atoms with Crippen molar-refractivity contribution in [3.05, 3.63) is 52.8 Å². The van der Waals surface area contributed by atoms with Gasteiger partial charge in [-0.25, -0.2) is 4.98 Å². The molecule has 3 aromatic rings. The highest BCUT2D eigenvalue weighted by molar-refractivity contribution is 6.42. The Morgan fingerprint density at radius 2 is 1.83 bits per heavy atom. The topological polar surface area (TPSA) is 43.8 Å². The lowest BCUT2D eigenvalue weighted by Crippen LogP contribution is -1.92. The number of nitrogens with two attached hydrogens (primary N) is 1. The number of rotatable bonds is 1. The number of hydrogen-bond donors (Lipinski definition) is 1. The molecule has 0 spiro atoms. The van der Waals surface area contributed by atoms with E-state index in [1.165, 1.54) is 0 Å². The Bertz CT molecular complexity index is 734. The molecule has 0 aliphatic rings. The van der Waals surface area contributed by atoms with Crippen molar-refractivity contribution in [1.29, 1.82) is 0 Å². The van der Waals surface area contributed by atoms with E-state index in [4.69, 9.17) is 28.9 Å². The number of imidazole rings is 1. The number of hydrogen-bond acceptors (Lipinski definition) is 2. The zero-order chi connectivity index (χ0) is 12.7. The number of halogens is 2. The van der Waals surface area contributed by atoms with Crippen molar-refractivity contribution in [3.8, 4) is 5.69 Å². The van der Waals surface area contributed by atoms with Gasteiger partial charge in [-0.1, -0.05) is 23.2 Å². The van der Waals surface area contributed by atoms with Gasteiger partial charge in [-0.2, -0.15) is 0 Å². The molecule has 5 heteroatoms. The highest BCUT2D eigenvalue weighted by Crippen LogP contribution is 2.26. The average Bonchev–Trinajstić information content (AvgIpc) is 2.75. The molecule has 0 radical (unpaired) electrons. The predicted octanol–water partition coefficient (Wildman–Crippen LogP) is 3.91. The van der Waals surface area contributed by atoms with E-state index < -0.39 is 0 Å². The molecule has 0 saturated carbocycles. The summed E-state index contributed by atoms with van der Waals surface area (Å²) in [6.45, 7) is 0. The molecule has 18 heavy (non-hydrogen) atoms. The number of aromatic nitrogens is 2. The van der Waals surface area contributed by atoms with E-state index in [0.717, 1.165) is 16.7 Å². The minimum Gasteiger partial charge on any atom is -0.399 e. The fraction of sp³-hybridized carbons (Fsp3) is 0. The molecule has 0 unspecified atom stereocenters. The molecule has 3 nitrogen and oxygen atoms in total. The van der Waals surface area contributed by atoms with Crippen LogP contribution < -0.4 is 5.73 Å². The van der Waals surface area contributed by atoms with Crippen LogP contribution in [0.25, 0.3) is 16.7 Å². The SMILES string of the molecule is Nc1ccc2c(c1)ncn2-c1ccc(Cl)c(Cl)c1. The van der Waals surface area contributed by atoms with E-state index in [0.29, 0.717) is 15.7 Å². The van der Waals surface area contributed by atoms with Crippen LogP contribution in [0.5, 0.6) is 0 Å². The molecule has 0 amide bonds. The van der Waals surface area contributed by atoms with E-state index in [2.05, 4.69) is 4.98 Å². The average molecular weight is 278 g/mol. The first kappa shape index (κ1) is 11.4. The third kappa shape index (κ3) is 1.82. The minimum absolute atomic E-state index is 0.520. The summed E-state index contributed by atoms with van der Waals surface area (Å²) in [6.07, 6.45) is 1.74. The van der Waals surface area contributed by atoms with Crippen LogP contribution in [0.1, 0.15) is 0 Å². The number of benzene rings is 2. The van der Waals surface area contributed by atoms with Gasteiger partial charge in [0.1, 0.15) is 6.33 Å². The first-order valence-corrected chi connectivity index (χ1v) is 6.09. The number of fused-ring (bicyclic) bond motifs is 1. The molecule has 0 atom stereocenters. The Balaban J connectivity index is 2.22. The third-order valence-corrected chi connectivity index (χ3v) is 3.49. The van der Waals surface area contributed by atoms with Gasteiger partial charge in [0.15, 0.2) is 0 Å². The zero-order valence-electron chi connectivity index (χ0n) is 9.27. The van der Waals surface area contributed by atoms with Gasteiger partial charge in [0, 0.05) is 11.4 Å². The van der Waals surface area contributed by atoms with Crippen molar-refractivity contribution in [1.82, 2.24) is 9.55 Å². The summed E-state index contributed by atoms with van der Waals surface area (Å²) in [7, 11) is 0.